The zero-order chi connectivity index (χ0) is 21.7. The molecule has 8 nitrogen and oxygen atoms in total. The lowest BCUT2D eigenvalue weighted by atomic mass is 10.2. The van der Waals surface area contributed by atoms with Gasteiger partial charge in [-0.25, -0.2) is 9.97 Å². The van der Waals surface area contributed by atoms with Gasteiger partial charge in [0.25, 0.3) is 5.91 Å². The zero-order valence-corrected chi connectivity index (χ0v) is 17.5. The number of carbonyl (C=O) groups excluding carboxylic acids is 1. The van der Waals surface area contributed by atoms with E-state index in [2.05, 4.69) is 5.32 Å². The van der Waals surface area contributed by atoms with Gasteiger partial charge in [-0.1, -0.05) is 31.0 Å². The predicted octanol–water partition coefficient (Wildman–Crippen LogP) is 3.62. The lowest BCUT2D eigenvalue weighted by molar-refractivity contribution is 0.0940. The molecule has 0 bridgehead atoms. The maximum absolute atomic E-state index is 13.3. The van der Waals surface area contributed by atoms with E-state index in [0.29, 0.717) is 34.8 Å². The molecule has 8 heteroatoms. The van der Waals surface area contributed by atoms with Gasteiger partial charge in [-0.3, -0.25) is 4.79 Å². The highest BCUT2D eigenvalue weighted by molar-refractivity contribution is 6.10. The number of hydrogen-bond donors (Lipinski definition) is 2. The van der Waals surface area contributed by atoms with Gasteiger partial charge in [-0.05, 0) is 42.7 Å². The molecular formula is C24H23N5O3. The molecule has 3 heterocycles. The molecule has 1 aliphatic heterocycles. The molecule has 0 spiro atoms. The number of carbonyl (C=O) groups is 1. The summed E-state index contributed by atoms with van der Waals surface area (Å²) in [5, 5.41) is 3.15. The van der Waals surface area contributed by atoms with Gasteiger partial charge < -0.3 is 25.1 Å². The summed E-state index contributed by atoms with van der Waals surface area (Å²) in [7, 11) is 0. The number of amides is 1. The quantitative estimate of drug-likeness (QED) is 0.514. The molecule has 4 aromatic rings. The number of nitrogens with zero attached hydrogens (tertiary/aromatic N) is 3. The van der Waals surface area contributed by atoms with Crippen molar-refractivity contribution in [2.45, 2.75) is 38.3 Å². The van der Waals surface area contributed by atoms with Crippen LogP contribution in [0.1, 0.15) is 41.6 Å². The van der Waals surface area contributed by atoms with Crippen LogP contribution >= 0.6 is 0 Å². The number of fused-ring (bicyclic) bond motifs is 3. The summed E-state index contributed by atoms with van der Waals surface area (Å²) in [4.78, 5) is 22.9. The highest BCUT2D eigenvalue weighted by atomic mass is 16.7. The Balaban J connectivity index is 1.48. The van der Waals surface area contributed by atoms with Crippen molar-refractivity contribution < 1.29 is 14.3 Å². The zero-order valence-electron chi connectivity index (χ0n) is 17.5. The molecule has 1 aliphatic carbocycles. The first kappa shape index (κ1) is 18.9. The number of ether oxygens (including phenoxy) is 2. The molecule has 0 atom stereocenters. The topological polar surface area (TPSA) is 104 Å². The fraction of sp³-hybridized carbons (Fsp3) is 0.292. The van der Waals surface area contributed by atoms with Crippen LogP contribution in [0.3, 0.4) is 0 Å². The minimum absolute atomic E-state index is 0.183. The van der Waals surface area contributed by atoms with Crippen LogP contribution in [0.25, 0.3) is 22.2 Å². The Morgan fingerprint density at radius 3 is 2.62 bits per heavy atom. The van der Waals surface area contributed by atoms with Crippen LogP contribution < -0.4 is 20.5 Å². The van der Waals surface area contributed by atoms with Crippen molar-refractivity contribution >= 4 is 33.9 Å². The number of benzene rings is 2. The van der Waals surface area contributed by atoms with Crippen molar-refractivity contribution in [2.75, 3.05) is 12.5 Å². The summed E-state index contributed by atoms with van der Waals surface area (Å²) in [6.45, 7) is 0.652. The Bertz CT molecular complexity index is 1360. The van der Waals surface area contributed by atoms with Crippen LogP contribution in [0.2, 0.25) is 0 Å². The molecule has 2 aromatic heterocycles. The van der Waals surface area contributed by atoms with Gasteiger partial charge >= 0.3 is 0 Å². The second-order valence-electron chi connectivity index (χ2n) is 8.37. The summed E-state index contributed by atoms with van der Waals surface area (Å²) < 4.78 is 12.8. The van der Waals surface area contributed by atoms with E-state index in [4.69, 9.17) is 25.2 Å². The monoisotopic (exact) mass is 429 g/mol. The number of rotatable bonds is 4. The minimum Gasteiger partial charge on any atom is -0.454 e. The lowest BCUT2D eigenvalue weighted by Gasteiger charge is -2.12. The van der Waals surface area contributed by atoms with Crippen LogP contribution in [-0.4, -0.2) is 33.3 Å². The second-order valence-corrected chi connectivity index (χ2v) is 8.37. The van der Waals surface area contributed by atoms with Crippen molar-refractivity contribution in [2.24, 2.45) is 0 Å². The van der Waals surface area contributed by atoms with Gasteiger partial charge in [0.2, 0.25) is 6.79 Å². The van der Waals surface area contributed by atoms with E-state index in [1.807, 2.05) is 47.0 Å². The average Bonchev–Trinajstić information content (AvgIpc) is 3.53. The van der Waals surface area contributed by atoms with Crippen molar-refractivity contribution in [3.63, 3.8) is 0 Å². The third-order valence-electron chi connectivity index (χ3n) is 6.29. The van der Waals surface area contributed by atoms with Crippen molar-refractivity contribution in [1.29, 1.82) is 0 Å². The third-order valence-corrected chi connectivity index (χ3v) is 6.29. The van der Waals surface area contributed by atoms with Gasteiger partial charge in [0.15, 0.2) is 17.1 Å². The summed E-state index contributed by atoms with van der Waals surface area (Å²) >= 11 is 0. The smallest absolute Gasteiger partial charge is 0.257 e. The number of hydrogen-bond acceptors (Lipinski definition) is 6. The Labute approximate surface area is 184 Å². The standard InChI is InChI=1S/C24H23N5O3/c25-22-20(24(30)26-15-5-1-2-6-15)21-23(28-17-8-4-3-7-16(17)27-21)29(22)12-14-9-10-18-19(11-14)32-13-31-18/h3-4,7-11,15H,1-2,5-6,12-13,25H2,(H,26,30). The van der Waals surface area contributed by atoms with E-state index >= 15 is 0 Å². The summed E-state index contributed by atoms with van der Waals surface area (Å²) in [5.74, 6) is 1.60. The Morgan fingerprint density at radius 2 is 1.81 bits per heavy atom. The van der Waals surface area contributed by atoms with Crippen LogP contribution in [0.4, 0.5) is 5.82 Å². The number of nitrogens with one attached hydrogen (secondary N) is 1. The van der Waals surface area contributed by atoms with E-state index < -0.39 is 0 Å². The van der Waals surface area contributed by atoms with Crippen LogP contribution in [0.15, 0.2) is 42.5 Å². The average molecular weight is 429 g/mol. The second kappa shape index (κ2) is 7.40. The predicted molar refractivity (Wildman–Crippen MR) is 121 cm³/mol. The van der Waals surface area contributed by atoms with Crippen molar-refractivity contribution in [3.8, 4) is 11.5 Å². The van der Waals surface area contributed by atoms with E-state index in [1.165, 1.54) is 0 Å². The number of para-hydroxylation sites is 2. The van der Waals surface area contributed by atoms with Crippen LogP contribution in [-0.2, 0) is 6.54 Å². The molecule has 6 rings (SSSR count). The maximum Gasteiger partial charge on any atom is 0.257 e. The fourth-order valence-electron chi connectivity index (χ4n) is 4.65. The Hall–Kier alpha value is -3.81. The number of nitrogen functional groups attached to an aromatic ring is 1. The first-order valence-electron chi connectivity index (χ1n) is 10.9. The number of anilines is 1. The first-order valence-corrected chi connectivity index (χ1v) is 10.9. The third kappa shape index (κ3) is 3.10. The molecule has 0 saturated heterocycles. The molecule has 1 amide bonds. The van der Waals surface area contributed by atoms with Crippen molar-refractivity contribution in [3.05, 3.63) is 53.6 Å². The number of aromatic nitrogens is 3. The van der Waals surface area contributed by atoms with Gasteiger partial charge in [-0.2, -0.15) is 0 Å². The lowest BCUT2D eigenvalue weighted by Crippen LogP contribution is -2.33. The van der Waals surface area contributed by atoms with E-state index in [1.54, 1.807) is 0 Å². The molecule has 162 valence electrons. The SMILES string of the molecule is Nc1c(C(=O)NC2CCCC2)c2nc3ccccc3nc2n1Cc1ccc2c(c1)OCO2. The highest BCUT2D eigenvalue weighted by Gasteiger charge is 2.27. The highest BCUT2D eigenvalue weighted by Crippen LogP contribution is 2.34. The molecule has 2 aromatic carbocycles. The van der Waals surface area contributed by atoms with Crippen LogP contribution in [0.5, 0.6) is 11.5 Å². The van der Waals surface area contributed by atoms with Gasteiger partial charge in [-0.15, -0.1) is 0 Å². The van der Waals surface area contributed by atoms with Crippen LogP contribution in [0, 0.1) is 0 Å². The van der Waals surface area contributed by atoms with Crippen molar-refractivity contribution in [1.82, 2.24) is 19.9 Å². The number of nitrogens with two attached hydrogens (primary N) is 1. The summed E-state index contributed by atoms with van der Waals surface area (Å²) in [6, 6.07) is 13.6. The Morgan fingerprint density at radius 1 is 1.06 bits per heavy atom. The summed E-state index contributed by atoms with van der Waals surface area (Å²) in [5.41, 5.74) is 10.5. The minimum atomic E-state index is -0.187. The molecule has 3 N–H and O–H groups in total. The van der Waals surface area contributed by atoms with Gasteiger partial charge in [0.05, 0.1) is 17.6 Å². The van der Waals surface area contributed by atoms with Gasteiger partial charge in [0.1, 0.15) is 16.9 Å². The summed E-state index contributed by atoms with van der Waals surface area (Å²) in [6.07, 6.45) is 4.26. The Kier molecular flexibility index (Phi) is 4.38. The molecular weight excluding hydrogens is 406 g/mol. The van der Waals surface area contributed by atoms with E-state index in [-0.39, 0.29) is 18.7 Å². The molecule has 1 fully saturated rings. The molecule has 1 saturated carbocycles. The largest absolute Gasteiger partial charge is 0.454 e. The molecule has 0 unspecified atom stereocenters. The molecule has 2 aliphatic rings. The first-order chi connectivity index (χ1) is 15.7. The fourth-order valence-corrected chi connectivity index (χ4v) is 4.65. The van der Waals surface area contributed by atoms with Gasteiger partial charge in [0, 0.05) is 6.04 Å². The van der Waals surface area contributed by atoms with E-state index in [0.717, 1.165) is 48.0 Å². The molecule has 0 radical (unpaired) electrons. The normalized spacial score (nSPS) is 15.6. The van der Waals surface area contributed by atoms with E-state index in [9.17, 15) is 4.79 Å². The molecule has 32 heavy (non-hydrogen) atoms. The maximum atomic E-state index is 13.3.